The molecule has 6 nitrogen and oxygen atoms in total. The fraction of sp³-hybridized carbons (Fsp3) is 0.600. The van der Waals surface area contributed by atoms with Crippen LogP contribution in [0.4, 0.5) is 5.69 Å². The summed E-state index contributed by atoms with van der Waals surface area (Å²) in [5, 5.41) is 2.94. The zero-order chi connectivity index (χ0) is 18.5. The van der Waals surface area contributed by atoms with E-state index in [-0.39, 0.29) is 17.7 Å². The summed E-state index contributed by atoms with van der Waals surface area (Å²) in [4.78, 5) is 28.8. The first-order valence-electron chi connectivity index (χ1n) is 9.51. The van der Waals surface area contributed by atoms with Crippen LogP contribution in [0.3, 0.4) is 0 Å². The summed E-state index contributed by atoms with van der Waals surface area (Å²) in [7, 11) is 4.01. The number of carbonyl (C=O) groups is 2. The van der Waals surface area contributed by atoms with Crippen molar-refractivity contribution in [1.29, 1.82) is 0 Å². The Morgan fingerprint density at radius 2 is 1.92 bits per heavy atom. The number of hydrogen-bond donors (Lipinski definition) is 1. The molecule has 2 amide bonds. The van der Waals surface area contributed by atoms with E-state index >= 15 is 0 Å². The number of benzene rings is 1. The predicted octanol–water partition coefficient (Wildman–Crippen LogP) is 2.36. The molecular formula is C20H29N3O3. The van der Waals surface area contributed by atoms with E-state index in [1.54, 1.807) is 0 Å². The molecule has 1 saturated heterocycles. The van der Waals surface area contributed by atoms with E-state index in [0.29, 0.717) is 25.6 Å². The van der Waals surface area contributed by atoms with Crippen LogP contribution in [-0.4, -0.2) is 61.4 Å². The van der Waals surface area contributed by atoms with Gasteiger partial charge in [-0.15, -0.1) is 0 Å². The second kappa shape index (κ2) is 8.54. The molecule has 1 saturated carbocycles. The Bertz CT molecular complexity index is 624. The maximum Gasteiger partial charge on any atom is 0.229 e. The molecule has 1 aromatic rings. The summed E-state index contributed by atoms with van der Waals surface area (Å²) in [5.41, 5.74) is 0.738. The van der Waals surface area contributed by atoms with Gasteiger partial charge in [0.2, 0.25) is 11.8 Å². The molecule has 1 heterocycles. The third-order valence-electron chi connectivity index (χ3n) is 5.22. The Morgan fingerprint density at radius 1 is 1.23 bits per heavy atom. The van der Waals surface area contributed by atoms with Crippen molar-refractivity contribution in [1.82, 2.24) is 9.80 Å². The molecule has 2 fully saturated rings. The van der Waals surface area contributed by atoms with E-state index in [2.05, 4.69) is 10.2 Å². The minimum atomic E-state index is -0.251. The number of carbonyl (C=O) groups excluding carboxylic acids is 2. The molecule has 26 heavy (non-hydrogen) atoms. The largest absolute Gasteiger partial charge is 0.492 e. The number of amides is 2. The molecule has 142 valence electrons. The third kappa shape index (κ3) is 4.75. The lowest BCUT2D eigenvalue weighted by Crippen LogP contribution is -2.35. The lowest BCUT2D eigenvalue weighted by atomic mass is 10.1. The zero-order valence-corrected chi connectivity index (χ0v) is 15.7. The third-order valence-corrected chi connectivity index (χ3v) is 5.22. The predicted molar refractivity (Wildman–Crippen MR) is 101 cm³/mol. The number of rotatable bonds is 7. The van der Waals surface area contributed by atoms with Crippen LogP contribution in [0.15, 0.2) is 24.3 Å². The molecule has 0 bridgehead atoms. The molecule has 2 aliphatic rings. The van der Waals surface area contributed by atoms with E-state index in [9.17, 15) is 9.59 Å². The van der Waals surface area contributed by atoms with Crippen LogP contribution >= 0.6 is 0 Å². The molecule has 0 aromatic heterocycles. The Hall–Kier alpha value is -2.08. The lowest BCUT2D eigenvalue weighted by molar-refractivity contribution is -0.129. The maximum absolute atomic E-state index is 12.5. The summed E-state index contributed by atoms with van der Waals surface area (Å²) in [6.45, 7) is 2.03. The van der Waals surface area contributed by atoms with E-state index < -0.39 is 0 Å². The van der Waals surface area contributed by atoms with Gasteiger partial charge in [-0.05, 0) is 51.2 Å². The second-order valence-electron chi connectivity index (χ2n) is 7.55. The van der Waals surface area contributed by atoms with E-state index in [1.165, 1.54) is 12.8 Å². The monoisotopic (exact) mass is 359 g/mol. The summed E-state index contributed by atoms with van der Waals surface area (Å²) in [5.74, 6) is 0.592. The highest BCUT2D eigenvalue weighted by atomic mass is 16.5. The smallest absolute Gasteiger partial charge is 0.229 e. The van der Waals surface area contributed by atoms with E-state index in [1.807, 2.05) is 43.3 Å². The van der Waals surface area contributed by atoms with Gasteiger partial charge < -0.3 is 19.9 Å². The summed E-state index contributed by atoms with van der Waals surface area (Å²) in [6, 6.07) is 7.74. The first-order chi connectivity index (χ1) is 12.5. The van der Waals surface area contributed by atoms with Crippen LogP contribution in [0.1, 0.15) is 32.1 Å². The molecular weight excluding hydrogens is 330 g/mol. The summed E-state index contributed by atoms with van der Waals surface area (Å²) < 4.78 is 5.66. The quantitative estimate of drug-likeness (QED) is 0.812. The van der Waals surface area contributed by atoms with Crippen molar-refractivity contribution in [3.05, 3.63) is 24.3 Å². The molecule has 0 radical (unpaired) electrons. The maximum atomic E-state index is 12.5. The molecule has 1 N–H and O–H groups in total. The Labute approximate surface area is 155 Å². The van der Waals surface area contributed by atoms with Crippen molar-refractivity contribution in [2.75, 3.05) is 39.1 Å². The molecule has 1 aliphatic heterocycles. The van der Waals surface area contributed by atoms with Crippen molar-refractivity contribution in [3.8, 4) is 5.75 Å². The van der Waals surface area contributed by atoms with Crippen molar-refractivity contribution < 1.29 is 14.3 Å². The van der Waals surface area contributed by atoms with Crippen LogP contribution in [0, 0.1) is 5.92 Å². The van der Waals surface area contributed by atoms with Crippen molar-refractivity contribution in [3.63, 3.8) is 0 Å². The number of hydrogen-bond acceptors (Lipinski definition) is 4. The number of likely N-dealkylation sites (tertiary alicyclic amines) is 1. The number of nitrogens with one attached hydrogen (secondary N) is 1. The highest BCUT2D eigenvalue weighted by molar-refractivity contribution is 5.97. The number of likely N-dealkylation sites (N-methyl/N-ethyl adjacent to an activating group) is 1. The van der Waals surface area contributed by atoms with Gasteiger partial charge >= 0.3 is 0 Å². The Balaban J connectivity index is 1.49. The lowest BCUT2D eigenvalue weighted by Gasteiger charge is -2.23. The van der Waals surface area contributed by atoms with Gasteiger partial charge in [0, 0.05) is 31.2 Å². The van der Waals surface area contributed by atoms with Gasteiger partial charge in [-0.3, -0.25) is 9.59 Å². The van der Waals surface area contributed by atoms with Gasteiger partial charge in [0.15, 0.2) is 0 Å². The highest BCUT2D eigenvalue weighted by Crippen LogP contribution is 2.30. The van der Waals surface area contributed by atoms with Gasteiger partial charge in [0.05, 0.1) is 5.92 Å². The summed E-state index contributed by atoms with van der Waals surface area (Å²) in [6.07, 6.45) is 4.86. The zero-order valence-electron chi connectivity index (χ0n) is 15.7. The average Bonchev–Trinajstić information content (AvgIpc) is 3.25. The van der Waals surface area contributed by atoms with Crippen LogP contribution in [0.25, 0.3) is 0 Å². The molecule has 0 spiro atoms. The van der Waals surface area contributed by atoms with Crippen LogP contribution in [0.2, 0.25) is 0 Å². The topological polar surface area (TPSA) is 61.9 Å². The van der Waals surface area contributed by atoms with Crippen molar-refractivity contribution in [2.45, 2.75) is 38.1 Å². The number of ether oxygens (including phenoxy) is 1. The van der Waals surface area contributed by atoms with Crippen molar-refractivity contribution in [2.24, 2.45) is 5.92 Å². The average molecular weight is 359 g/mol. The molecule has 3 rings (SSSR count). The normalized spacial score (nSPS) is 20.8. The summed E-state index contributed by atoms with van der Waals surface area (Å²) >= 11 is 0. The van der Waals surface area contributed by atoms with Gasteiger partial charge in [-0.1, -0.05) is 12.8 Å². The first-order valence-corrected chi connectivity index (χ1v) is 9.51. The minimum Gasteiger partial charge on any atom is -0.492 e. The van der Waals surface area contributed by atoms with Crippen molar-refractivity contribution >= 4 is 17.5 Å². The Morgan fingerprint density at radius 3 is 2.58 bits per heavy atom. The molecule has 1 unspecified atom stereocenters. The van der Waals surface area contributed by atoms with Gasteiger partial charge in [0.1, 0.15) is 12.4 Å². The van der Waals surface area contributed by atoms with Crippen LogP contribution in [0.5, 0.6) is 5.75 Å². The van der Waals surface area contributed by atoms with E-state index in [4.69, 9.17) is 4.74 Å². The van der Waals surface area contributed by atoms with Gasteiger partial charge in [-0.2, -0.15) is 0 Å². The highest BCUT2D eigenvalue weighted by Gasteiger charge is 2.38. The molecule has 1 aliphatic carbocycles. The molecule has 1 atom stereocenters. The fourth-order valence-corrected chi connectivity index (χ4v) is 3.70. The number of anilines is 1. The van der Waals surface area contributed by atoms with Crippen LogP contribution in [-0.2, 0) is 9.59 Å². The van der Waals surface area contributed by atoms with Gasteiger partial charge in [0.25, 0.3) is 0 Å². The first kappa shape index (κ1) is 18.7. The van der Waals surface area contributed by atoms with E-state index in [0.717, 1.165) is 30.8 Å². The Kier molecular flexibility index (Phi) is 6.14. The second-order valence-corrected chi connectivity index (χ2v) is 7.55. The SMILES string of the molecule is CN(C)CCOc1ccc(NC(=O)C2CC(=O)N(C3CCCC3)C2)cc1. The standard InChI is InChI=1S/C20H29N3O3/c1-22(2)11-12-26-18-9-7-16(8-10-18)21-20(25)15-13-19(24)23(14-15)17-5-3-4-6-17/h7-10,15,17H,3-6,11-14H2,1-2H3,(H,21,25). The molecule has 6 heteroatoms. The molecule has 1 aromatic carbocycles. The minimum absolute atomic E-state index is 0.0693. The van der Waals surface area contributed by atoms with Crippen LogP contribution < -0.4 is 10.1 Å². The number of nitrogens with zero attached hydrogens (tertiary/aromatic N) is 2. The fourth-order valence-electron chi connectivity index (χ4n) is 3.70. The van der Waals surface area contributed by atoms with Gasteiger partial charge in [-0.25, -0.2) is 0 Å².